The van der Waals surface area contributed by atoms with E-state index in [1.807, 2.05) is 40.6 Å². The minimum atomic E-state index is -0.229. The van der Waals surface area contributed by atoms with Crippen LogP contribution in [0.15, 0.2) is 12.4 Å². The smallest absolute Gasteiger partial charge is 0.0708 e. The molecule has 90 valence electrons. The Labute approximate surface area is 105 Å². The predicted molar refractivity (Wildman–Crippen MR) is 71.2 cm³/mol. The summed E-state index contributed by atoms with van der Waals surface area (Å²) in [5.74, 6) is 3.47. The molecule has 1 saturated heterocycles. The van der Waals surface area contributed by atoms with Gasteiger partial charge in [0.1, 0.15) is 0 Å². The zero-order valence-electron chi connectivity index (χ0n) is 9.50. The summed E-state index contributed by atoms with van der Waals surface area (Å²) in [6.45, 7) is 2.96. The average Bonchev–Trinajstić information content (AvgIpc) is 2.78. The van der Waals surface area contributed by atoms with Crippen LogP contribution >= 0.6 is 23.5 Å². The molecule has 0 bridgehead atoms. The number of hydrogen-bond acceptors (Lipinski definition) is 4. The molecule has 1 aromatic rings. The van der Waals surface area contributed by atoms with Gasteiger partial charge in [-0.05, 0) is 12.5 Å². The standard InChI is InChI=1S/C11H18N2OS2/c1-2-13-7-9(6-12-13)5-10(14)11-8-15-3-4-16-11/h6-7,10-11,14H,2-5,8H2,1H3. The summed E-state index contributed by atoms with van der Waals surface area (Å²) in [4.78, 5) is 0. The average molecular weight is 258 g/mol. The summed E-state index contributed by atoms with van der Waals surface area (Å²) in [6.07, 6.45) is 4.41. The second kappa shape index (κ2) is 5.98. The lowest BCUT2D eigenvalue weighted by Gasteiger charge is -2.25. The summed E-state index contributed by atoms with van der Waals surface area (Å²) >= 11 is 3.86. The maximum absolute atomic E-state index is 10.1. The number of rotatable bonds is 4. The Balaban J connectivity index is 1.87. The van der Waals surface area contributed by atoms with Crippen LogP contribution in [0.3, 0.4) is 0 Å². The van der Waals surface area contributed by atoms with E-state index in [1.165, 1.54) is 11.5 Å². The van der Waals surface area contributed by atoms with Gasteiger partial charge in [-0.2, -0.15) is 28.6 Å². The SMILES string of the molecule is CCn1cc(CC(O)C2CSCCS2)cn1. The van der Waals surface area contributed by atoms with Crippen LogP contribution in [-0.2, 0) is 13.0 Å². The van der Waals surface area contributed by atoms with Crippen molar-refractivity contribution >= 4 is 23.5 Å². The zero-order valence-corrected chi connectivity index (χ0v) is 11.1. The summed E-state index contributed by atoms with van der Waals surface area (Å²) in [7, 11) is 0. The highest BCUT2D eigenvalue weighted by molar-refractivity contribution is 8.06. The van der Waals surface area contributed by atoms with Crippen molar-refractivity contribution in [2.75, 3.05) is 17.3 Å². The molecule has 0 amide bonds. The quantitative estimate of drug-likeness (QED) is 0.891. The van der Waals surface area contributed by atoms with E-state index in [1.54, 1.807) is 0 Å². The summed E-state index contributed by atoms with van der Waals surface area (Å²) in [6, 6.07) is 0. The first-order chi connectivity index (χ1) is 7.79. The van der Waals surface area contributed by atoms with Crippen LogP contribution in [0.25, 0.3) is 0 Å². The summed E-state index contributed by atoms with van der Waals surface area (Å²) in [5, 5.41) is 14.8. The maximum Gasteiger partial charge on any atom is 0.0708 e. The molecule has 5 heteroatoms. The largest absolute Gasteiger partial charge is 0.392 e. The molecule has 2 unspecified atom stereocenters. The van der Waals surface area contributed by atoms with Crippen molar-refractivity contribution in [2.24, 2.45) is 0 Å². The molecular formula is C11H18N2OS2. The van der Waals surface area contributed by atoms with Gasteiger partial charge in [0.15, 0.2) is 0 Å². The Bertz CT molecular complexity index is 324. The van der Waals surface area contributed by atoms with E-state index in [-0.39, 0.29) is 6.10 Å². The van der Waals surface area contributed by atoms with Crippen molar-refractivity contribution in [1.29, 1.82) is 0 Å². The fourth-order valence-electron chi connectivity index (χ4n) is 1.79. The molecule has 0 spiro atoms. The van der Waals surface area contributed by atoms with Gasteiger partial charge < -0.3 is 5.11 Å². The molecule has 2 heterocycles. The van der Waals surface area contributed by atoms with Gasteiger partial charge in [-0.3, -0.25) is 4.68 Å². The monoisotopic (exact) mass is 258 g/mol. The van der Waals surface area contributed by atoms with E-state index in [0.717, 1.165) is 24.3 Å². The van der Waals surface area contributed by atoms with Gasteiger partial charge in [-0.1, -0.05) is 0 Å². The Morgan fingerprint density at radius 3 is 3.12 bits per heavy atom. The lowest BCUT2D eigenvalue weighted by molar-refractivity contribution is 0.177. The highest BCUT2D eigenvalue weighted by atomic mass is 32.2. The topological polar surface area (TPSA) is 38.0 Å². The highest BCUT2D eigenvalue weighted by Gasteiger charge is 2.23. The summed E-state index contributed by atoms with van der Waals surface area (Å²) < 4.78 is 1.91. The van der Waals surface area contributed by atoms with Gasteiger partial charge in [0.05, 0.1) is 12.3 Å². The lowest BCUT2D eigenvalue weighted by Crippen LogP contribution is -2.30. The number of nitrogens with zero attached hydrogens (tertiary/aromatic N) is 2. The number of aliphatic hydroxyl groups is 1. The fourth-order valence-corrected chi connectivity index (χ4v) is 4.56. The second-order valence-electron chi connectivity index (χ2n) is 3.96. The van der Waals surface area contributed by atoms with E-state index in [4.69, 9.17) is 0 Å². The highest BCUT2D eigenvalue weighted by Crippen LogP contribution is 2.27. The van der Waals surface area contributed by atoms with Crippen LogP contribution in [0.5, 0.6) is 0 Å². The van der Waals surface area contributed by atoms with Gasteiger partial charge in [-0.25, -0.2) is 0 Å². The van der Waals surface area contributed by atoms with Crippen molar-refractivity contribution in [2.45, 2.75) is 31.2 Å². The van der Waals surface area contributed by atoms with E-state index in [9.17, 15) is 5.11 Å². The minimum absolute atomic E-state index is 0.229. The first-order valence-electron chi connectivity index (χ1n) is 5.68. The second-order valence-corrected chi connectivity index (χ2v) is 6.46. The van der Waals surface area contributed by atoms with Crippen molar-refractivity contribution in [3.63, 3.8) is 0 Å². The van der Waals surface area contributed by atoms with E-state index in [0.29, 0.717) is 5.25 Å². The zero-order chi connectivity index (χ0) is 11.4. The van der Waals surface area contributed by atoms with E-state index >= 15 is 0 Å². The van der Waals surface area contributed by atoms with Crippen LogP contribution in [0.2, 0.25) is 0 Å². The van der Waals surface area contributed by atoms with Gasteiger partial charge in [0, 0.05) is 41.7 Å². The molecule has 0 radical (unpaired) electrons. The molecule has 0 saturated carbocycles. The number of aryl methyl sites for hydroxylation is 1. The van der Waals surface area contributed by atoms with Crippen LogP contribution in [0.4, 0.5) is 0 Å². The van der Waals surface area contributed by atoms with Gasteiger partial charge in [0.25, 0.3) is 0 Å². The number of aliphatic hydroxyl groups excluding tert-OH is 1. The normalized spacial score (nSPS) is 23.2. The molecular weight excluding hydrogens is 240 g/mol. The van der Waals surface area contributed by atoms with E-state index in [2.05, 4.69) is 12.0 Å². The lowest BCUT2D eigenvalue weighted by atomic mass is 10.1. The van der Waals surface area contributed by atoms with E-state index < -0.39 is 0 Å². The summed E-state index contributed by atoms with van der Waals surface area (Å²) in [5.41, 5.74) is 1.14. The Hall–Kier alpha value is -0.130. The van der Waals surface area contributed by atoms with Crippen molar-refractivity contribution in [3.8, 4) is 0 Å². The van der Waals surface area contributed by atoms with Crippen molar-refractivity contribution < 1.29 is 5.11 Å². The molecule has 2 atom stereocenters. The Kier molecular flexibility index (Phi) is 4.61. The Morgan fingerprint density at radius 2 is 2.50 bits per heavy atom. The fraction of sp³-hybridized carbons (Fsp3) is 0.727. The predicted octanol–water partition coefficient (Wildman–Crippen LogP) is 1.65. The van der Waals surface area contributed by atoms with Crippen molar-refractivity contribution in [3.05, 3.63) is 18.0 Å². The van der Waals surface area contributed by atoms with Crippen molar-refractivity contribution in [1.82, 2.24) is 9.78 Å². The molecule has 1 aliphatic rings. The maximum atomic E-state index is 10.1. The first-order valence-corrected chi connectivity index (χ1v) is 7.88. The Morgan fingerprint density at radius 1 is 1.62 bits per heavy atom. The van der Waals surface area contributed by atoms with Gasteiger partial charge in [-0.15, -0.1) is 0 Å². The molecule has 0 aromatic carbocycles. The molecule has 0 aliphatic carbocycles. The first kappa shape index (κ1) is 12.3. The molecule has 16 heavy (non-hydrogen) atoms. The number of thioether (sulfide) groups is 2. The minimum Gasteiger partial charge on any atom is -0.392 e. The van der Waals surface area contributed by atoms with Crippen LogP contribution in [-0.4, -0.2) is 43.5 Å². The van der Waals surface area contributed by atoms with Crippen LogP contribution in [0.1, 0.15) is 12.5 Å². The third-order valence-corrected chi connectivity index (χ3v) is 5.63. The van der Waals surface area contributed by atoms with Crippen LogP contribution < -0.4 is 0 Å². The van der Waals surface area contributed by atoms with Gasteiger partial charge in [0.2, 0.25) is 0 Å². The van der Waals surface area contributed by atoms with Gasteiger partial charge >= 0.3 is 0 Å². The number of aromatic nitrogens is 2. The third kappa shape index (κ3) is 3.18. The number of hydrogen-bond donors (Lipinski definition) is 1. The molecule has 1 aromatic heterocycles. The molecule has 2 rings (SSSR count). The molecule has 1 aliphatic heterocycles. The van der Waals surface area contributed by atoms with Crippen LogP contribution in [0, 0.1) is 0 Å². The molecule has 1 fully saturated rings. The molecule has 3 nitrogen and oxygen atoms in total. The molecule has 1 N–H and O–H groups in total. The third-order valence-electron chi connectivity index (χ3n) is 2.73.